The average Bonchev–Trinajstić information content (AvgIpc) is 3.12. The lowest BCUT2D eigenvalue weighted by atomic mass is 10.2. The molecule has 0 fully saturated rings. The molecule has 0 N–H and O–H groups in total. The molecule has 0 saturated carbocycles. The minimum Gasteiger partial charge on any atom is -0.437 e. The lowest BCUT2D eigenvalue weighted by molar-refractivity contribution is 0.470. The molecule has 0 aliphatic rings. The minimum atomic E-state index is 0.396. The predicted molar refractivity (Wildman–Crippen MR) is 106 cm³/mol. The lowest BCUT2D eigenvalue weighted by Gasteiger charge is -2.08. The Morgan fingerprint density at radius 2 is 1.96 bits per heavy atom. The van der Waals surface area contributed by atoms with E-state index in [-0.39, 0.29) is 0 Å². The summed E-state index contributed by atoms with van der Waals surface area (Å²) in [6.45, 7) is 0. The number of aliphatic imine (C=N–C) groups is 1. The highest BCUT2D eigenvalue weighted by Gasteiger charge is 2.13. The van der Waals surface area contributed by atoms with E-state index < -0.39 is 0 Å². The minimum absolute atomic E-state index is 0.396. The van der Waals surface area contributed by atoms with Crippen molar-refractivity contribution >= 4 is 39.4 Å². The Morgan fingerprint density at radius 1 is 1.12 bits per heavy atom. The van der Waals surface area contributed by atoms with Gasteiger partial charge in [0.15, 0.2) is 5.82 Å². The van der Waals surface area contributed by atoms with E-state index in [0.717, 1.165) is 21.3 Å². The van der Waals surface area contributed by atoms with E-state index in [1.165, 1.54) is 0 Å². The summed E-state index contributed by atoms with van der Waals surface area (Å²) in [4.78, 5) is 17.2. The molecule has 0 spiro atoms. The highest BCUT2D eigenvalue weighted by atomic mass is 35.5. The van der Waals surface area contributed by atoms with E-state index in [4.69, 9.17) is 16.3 Å². The topological polar surface area (TPSA) is 60.3 Å². The Balaban J connectivity index is 1.75. The molecule has 0 amide bonds. The first kappa shape index (κ1) is 16.6. The Hall–Kier alpha value is -2.83. The van der Waals surface area contributed by atoms with Gasteiger partial charge in [-0.05, 0) is 53.4 Å². The molecule has 26 heavy (non-hydrogen) atoms. The second-order valence-corrected chi connectivity index (χ2v) is 6.72. The smallest absolute Gasteiger partial charge is 0.240 e. The Labute approximate surface area is 159 Å². The lowest BCUT2D eigenvalue weighted by Crippen LogP contribution is -1.95. The van der Waals surface area contributed by atoms with Gasteiger partial charge in [0.1, 0.15) is 15.6 Å². The SMILES string of the molecule is CN=Cc1ccc(Oc2nc(-c3ccnc(Cl)c3)nc3ccsc23)cc1. The van der Waals surface area contributed by atoms with Crippen molar-refractivity contribution in [2.75, 3.05) is 7.05 Å². The van der Waals surface area contributed by atoms with Crippen LogP contribution in [0.3, 0.4) is 0 Å². The van der Waals surface area contributed by atoms with Crippen molar-refractivity contribution in [3.8, 4) is 23.0 Å². The predicted octanol–water partition coefficient (Wildman–Crippen LogP) is 5.25. The molecule has 128 valence electrons. The van der Waals surface area contributed by atoms with E-state index in [2.05, 4.69) is 19.9 Å². The van der Waals surface area contributed by atoms with Gasteiger partial charge in [0.2, 0.25) is 5.88 Å². The standard InChI is InChI=1S/C19H13ClN4OS/c1-21-11-12-2-4-14(5-3-12)25-19-17-15(7-9-26-17)23-18(24-19)13-6-8-22-16(20)10-13/h2-11H,1H3. The van der Waals surface area contributed by atoms with Gasteiger partial charge in [-0.1, -0.05) is 11.6 Å². The Bertz CT molecular complexity index is 1090. The molecule has 0 unspecified atom stereocenters. The van der Waals surface area contributed by atoms with Gasteiger partial charge in [-0.3, -0.25) is 4.99 Å². The maximum absolute atomic E-state index is 6.04. The van der Waals surface area contributed by atoms with Crippen molar-refractivity contribution in [3.05, 3.63) is 64.8 Å². The van der Waals surface area contributed by atoms with Crippen LogP contribution in [-0.4, -0.2) is 28.2 Å². The number of nitrogens with zero attached hydrogens (tertiary/aromatic N) is 4. The van der Waals surface area contributed by atoms with E-state index in [9.17, 15) is 0 Å². The summed E-state index contributed by atoms with van der Waals surface area (Å²) in [5.74, 6) is 1.76. The number of benzene rings is 1. The third-order valence-electron chi connectivity index (χ3n) is 3.63. The summed E-state index contributed by atoms with van der Waals surface area (Å²) in [5, 5.41) is 2.36. The fourth-order valence-electron chi connectivity index (χ4n) is 2.46. The first-order valence-corrected chi connectivity index (χ1v) is 9.06. The fourth-order valence-corrected chi connectivity index (χ4v) is 3.39. The van der Waals surface area contributed by atoms with Crippen molar-refractivity contribution in [2.45, 2.75) is 0 Å². The van der Waals surface area contributed by atoms with Crippen LogP contribution in [0.5, 0.6) is 11.6 Å². The molecule has 0 radical (unpaired) electrons. The molecule has 0 atom stereocenters. The summed E-state index contributed by atoms with van der Waals surface area (Å²) >= 11 is 7.54. The van der Waals surface area contributed by atoms with Crippen LogP contribution in [0.25, 0.3) is 21.6 Å². The van der Waals surface area contributed by atoms with Gasteiger partial charge >= 0.3 is 0 Å². The van der Waals surface area contributed by atoms with Crippen LogP contribution in [0.4, 0.5) is 0 Å². The van der Waals surface area contributed by atoms with Crippen LogP contribution in [-0.2, 0) is 0 Å². The summed E-state index contributed by atoms with van der Waals surface area (Å²) < 4.78 is 6.94. The zero-order chi connectivity index (χ0) is 17.9. The molecule has 4 aromatic rings. The first-order valence-electron chi connectivity index (χ1n) is 7.80. The van der Waals surface area contributed by atoms with Crippen molar-refractivity contribution in [2.24, 2.45) is 4.99 Å². The molecule has 0 saturated heterocycles. The molecule has 0 bridgehead atoms. The second-order valence-electron chi connectivity index (χ2n) is 5.41. The first-order chi connectivity index (χ1) is 12.7. The monoisotopic (exact) mass is 380 g/mol. The van der Waals surface area contributed by atoms with Crippen LogP contribution >= 0.6 is 22.9 Å². The van der Waals surface area contributed by atoms with Gasteiger partial charge in [0, 0.05) is 25.0 Å². The van der Waals surface area contributed by atoms with Crippen molar-refractivity contribution in [1.82, 2.24) is 15.0 Å². The van der Waals surface area contributed by atoms with Gasteiger partial charge in [-0.25, -0.2) is 9.97 Å². The molecule has 0 aliphatic carbocycles. The van der Waals surface area contributed by atoms with E-state index >= 15 is 0 Å². The average molecular weight is 381 g/mol. The van der Waals surface area contributed by atoms with Crippen LogP contribution in [0.2, 0.25) is 5.15 Å². The summed E-state index contributed by atoms with van der Waals surface area (Å²) in [5.41, 5.74) is 2.63. The molecule has 4 rings (SSSR count). The van der Waals surface area contributed by atoms with Gasteiger partial charge in [-0.15, -0.1) is 11.3 Å². The fraction of sp³-hybridized carbons (Fsp3) is 0.0526. The van der Waals surface area contributed by atoms with Gasteiger partial charge in [0.05, 0.1) is 5.52 Å². The summed E-state index contributed by atoms with van der Waals surface area (Å²) in [6.07, 6.45) is 3.42. The van der Waals surface area contributed by atoms with Crippen molar-refractivity contribution in [1.29, 1.82) is 0 Å². The second kappa shape index (κ2) is 7.19. The number of ether oxygens (including phenoxy) is 1. The van der Waals surface area contributed by atoms with Gasteiger partial charge < -0.3 is 4.74 Å². The highest BCUT2D eigenvalue weighted by Crippen LogP contribution is 2.33. The molecule has 3 heterocycles. The summed E-state index contributed by atoms with van der Waals surface area (Å²) in [7, 11) is 1.74. The van der Waals surface area contributed by atoms with E-state index in [1.54, 1.807) is 36.9 Å². The highest BCUT2D eigenvalue weighted by molar-refractivity contribution is 7.17. The third kappa shape index (κ3) is 3.42. The maximum Gasteiger partial charge on any atom is 0.240 e. The summed E-state index contributed by atoms with van der Waals surface area (Å²) in [6, 6.07) is 13.2. The quantitative estimate of drug-likeness (QED) is 0.358. The third-order valence-corrected chi connectivity index (χ3v) is 4.73. The number of fused-ring (bicyclic) bond motifs is 1. The zero-order valence-electron chi connectivity index (χ0n) is 13.8. The molecule has 3 aromatic heterocycles. The molecular weight excluding hydrogens is 368 g/mol. The van der Waals surface area contributed by atoms with E-state index in [0.29, 0.717) is 22.6 Å². The number of hydrogen-bond donors (Lipinski definition) is 0. The number of halogens is 1. The number of aromatic nitrogens is 3. The normalized spacial score (nSPS) is 11.3. The number of hydrogen-bond acceptors (Lipinski definition) is 6. The van der Waals surface area contributed by atoms with Crippen LogP contribution in [0.1, 0.15) is 5.56 Å². The zero-order valence-corrected chi connectivity index (χ0v) is 15.3. The molecule has 0 aliphatic heterocycles. The van der Waals surface area contributed by atoms with Gasteiger partial charge in [0.25, 0.3) is 0 Å². The largest absolute Gasteiger partial charge is 0.437 e. The van der Waals surface area contributed by atoms with E-state index in [1.807, 2.05) is 41.8 Å². The molecule has 1 aromatic carbocycles. The maximum atomic E-state index is 6.04. The Morgan fingerprint density at radius 3 is 2.73 bits per heavy atom. The number of pyridine rings is 1. The number of thiophene rings is 1. The Kier molecular flexibility index (Phi) is 4.60. The number of rotatable bonds is 4. The molecular formula is C19H13ClN4OS. The van der Waals surface area contributed by atoms with Crippen LogP contribution in [0, 0.1) is 0 Å². The van der Waals surface area contributed by atoms with Crippen LogP contribution in [0.15, 0.2) is 59.0 Å². The van der Waals surface area contributed by atoms with Crippen molar-refractivity contribution in [3.63, 3.8) is 0 Å². The molecule has 5 nitrogen and oxygen atoms in total. The van der Waals surface area contributed by atoms with Gasteiger partial charge in [-0.2, -0.15) is 4.98 Å². The van der Waals surface area contributed by atoms with Crippen molar-refractivity contribution < 1.29 is 4.74 Å². The molecule has 7 heteroatoms. The van der Waals surface area contributed by atoms with Crippen LogP contribution < -0.4 is 4.74 Å².